The van der Waals surface area contributed by atoms with Crippen LogP contribution >= 0.6 is 11.6 Å². The van der Waals surface area contributed by atoms with Gasteiger partial charge in [0.1, 0.15) is 0 Å². The second kappa shape index (κ2) is 2.55. The van der Waals surface area contributed by atoms with E-state index in [1.807, 2.05) is 36.4 Å². The summed E-state index contributed by atoms with van der Waals surface area (Å²) >= 11 is 5.80. The maximum atomic E-state index is 5.80. The van der Waals surface area contributed by atoms with E-state index in [1.165, 1.54) is 5.39 Å². The lowest BCUT2D eigenvalue weighted by molar-refractivity contribution is 1.74. The van der Waals surface area contributed by atoms with E-state index in [4.69, 9.17) is 11.6 Å². The molecule has 0 saturated carbocycles. The molecule has 53 valence electrons. The summed E-state index contributed by atoms with van der Waals surface area (Å²) in [6, 6.07) is 14.7. The van der Waals surface area contributed by atoms with Crippen LogP contribution in [0.4, 0.5) is 0 Å². The maximum absolute atomic E-state index is 5.80. The van der Waals surface area contributed by atoms with Crippen molar-refractivity contribution in [1.82, 2.24) is 0 Å². The molecule has 11 heavy (non-hydrogen) atoms. The van der Waals surface area contributed by atoms with E-state index in [-0.39, 0.29) is 0 Å². The van der Waals surface area contributed by atoms with E-state index in [0.29, 0.717) is 0 Å². The predicted octanol–water partition coefficient (Wildman–Crippen LogP) is 3.29. The van der Waals surface area contributed by atoms with Crippen molar-refractivity contribution in [3.8, 4) is 0 Å². The topological polar surface area (TPSA) is 0 Å². The SMILES string of the molecule is Clc1ccc2cc[c]cc2c1. The van der Waals surface area contributed by atoms with Crippen LogP contribution in [0.2, 0.25) is 5.02 Å². The molecule has 0 amide bonds. The van der Waals surface area contributed by atoms with Crippen LogP contribution in [-0.2, 0) is 0 Å². The van der Waals surface area contributed by atoms with Gasteiger partial charge in [0.15, 0.2) is 0 Å². The first-order chi connectivity index (χ1) is 5.36. The van der Waals surface area contributed by atoms with Crippen molar-refractivity contribution in [3.05, 3.63) is 47.5 Å². The van der Waals surface area contributed by atoms with Crippen molar-refractivity contribution in [2.45, 2.75) is 0 Å². The Bertz CT molecular complexity index is 379. The van der Waals surface area contributed by atoms with Crippen molar-refractivity contribution < 1.29 is 0 Å². The number of benzene rings is 2. The molecule has 1 heteroatoms. The van der Waals surface area contributed by atoms with Crippen LogP contribution in [0.1, 0.15) is 0 Å². The van der Waals surface area contributed by atoms with E-state index >= 15 is 0 Å². The lowest BCUT2D eigenvalue weighted by atomic mass is 10.1. The Labute approximate surface area is 70.4 Å². The zero-order valence-corrected chi connectivity index (χ0v) is 6.60. The fourth-order valence-corrected chi connectivity index (χ4v) is 1.28. The molecule has 0 atom stereocenters. The van der Waals surface area contributed by atoms with Crippen molar-refractivity contribution in [2.24, 2.45) is 0 Å². The summed E-state index contributed by atoms with van der Waals surface area (Å²) in [6.07, 6.45) is 0. The fraction of sp³-hybridized carbons (Fsp3) is 0. The van der Waals surface area contributed by atoms with Gasteiger partial charge in [-0.05, 0) is 35.0 Å². The van der Waals surface area contributed by atoms with E-state index < -0.39 is 0 Å². The van der Waals surface area contributed by atoms with Gasteiger partial charge in [-0.2, -0.15) is 0 Å². The molecule has 0 fully saturated rings. The van der Waals surface area contributed by atoms with Gasteiger partial charge in [0.05, 0.1) is 0 Å². The highest BCUT2D eigenvalue weighted by molar-refractivity contribution is 6.31. The monoisotopic (exact) mass is 161 g/mol. The summed E-state index contributed by atoms with van der Waals surface area (Å²) < 4.78 is 0. The fourth-order valence-electron chi connectivity index (χ4n) is 1.10. The Balaban J connectivity index is 2.83. The molecule has 0 aliphatic rings. The molecule has 0 saturated heterocycles. The van der Waals surface area contributed by atoms with Crippen LogP contribution in [0.3, 0.4) is 0 Å². The standard InChI is InChI=1S/C10H6Cl/c11-10-6-5-8-3-1-2-4-9(8)7-10/h1,3-7H. The lowest BCUT2D eigenvalue weighted by Crippen LogP contribution is -1.70. The van der Waals surface area contributed by atoms with Crippen molar-refractivity contribution in [2.75, 3.05) is 0 Å². The van der Waals surface area contributed by atoms with Gasteiger partial charge in [0.25, 0.3) is 0 Å². The minimum Gasteiger partial charge on any atom is -0.0843 e. The minimum absolute atomic E-state index is 0.775. The molecule has 2 aromatic rings. The molecule has 0 nitrogen and oxygen atoms in total. The smallest absolute Gasteiger partial charge is 0.0412 e. The maximum Gasteiger partial charge on any atom is 0.0412 e. The van der Waals surface area contributed by atoms with E-state index in [9.17, 15) is 0 Å². The summed E-state index contributed by atoms with van der Waals surface area (Å²) in [7, 11) is 0. The number of fused-ring (bicyclic) bond motifs is 1. The highest BCUT2D eigenvalue weighted by Crippen LogP contribution is 2.17. The highest BCUT2D eigenvalue weighted by atomic mass is 35.5. The quantitative estimate of drug-likeness (QED) is 0.556. The third kappa shape index (κ3) is 1.22. The van der Waals surface area contributed by atoms with Crippen LogP contribution in [0.5, 0.6) is 0 Å². The zero-order chi connectivity index (χ0) is 7.68. The normalized spacial score (nSPS) is 10.3. The van der Waals surface area contributed by atoms with Crippen LogP contribution in [0.25, 0.3) is 10.8 Å². The Morgan fingerprint density at radius 2 is 2.00 bits per heavy atom. The van der Waals surface area contributed by atoms with E-state index in [2.05, 4.69) is 6.07 Å². The van der Waals surface area contributed by atoms with E-state index in [0.717, 1.165) is 10.4 Å². The van der Waals surface area contributed by atoms with Crippen LogP contribution in [0.15, 0.2) is 36.4 Å². The molecular weight excluding hydrogens is 156 g/mol. The molecule has 0 aliphatic heterocycles. The van der Waals surface area contributed by atoms with Crippen molar-refractivity contribution in [3.63, 3.8) is 0 Å². The Morgan fingerprint density at radius 3 is 2.91 bits per heavy atom. The molecule has 2 rings (SSSR count). The first-order valence-corrected chi connectivity index (χ1v) is 3.79. The van der Waals surface area contributed by atoms with Gasteiger partial charge in [-0.3, -0.25) is 0 Å². The lowest BCUT2D eigenvalue weighted by Gasteiger charge is -1.95. The summed E-state index contributed by atoms with van der Waals surface area (Å²) in [5, 5.41) is 3.12. The largest absolute Gasteiger partial charge is 0.0843 e. The second-order valence-electron chi connectivity index (χ2n) is 2.42. The van der Waals surface area contributed by atoms with Gasteiger partial charge in [-0.15, -0.1) is 0 Å². The number of halogens is 1. The second-order valence-corrected chi connectivity index (χ2v) is 2.85. The van der Waals surface area contributed by atoms with Crippen LogP contribution in [-0.4, -0.2) is 0 Å². The molecule has 0 spiro atoms. The molecule has 1 radical (unpaired) electrons. The Kier molecular flexibility index (Phi) is 1.55. The molecule has 0 N–H and O–H groups in total. The van der Waals surface area contributed by atoms with Gasteiger partial charge < -0.3 is 0 Å². The average Bonchev–Trinajstić information content (AvgIpc) is 2.04. The Hall–Kier alpha value is -1.01. The number of hydrogen-bond donors (Lipinski definition) is 0. The summed E-state index contributed by atoms with van der Waals surface area (Å²) in [6.45, 7) is 0. The molecule has 0 aromatic heterocycles. The van der Waals surface area contributed by atoms with Gasteiger partial charge in [0.2, 0.25) is 0 Å². The average molecular weight is 162 g/mol. The third-order valence-corrected chi connectivity index (χ3v) is 1.88. The van der Waals surface area contributed by atoms with Gasteiger partial charge in [-0.25, -0.2) is 0 Å². The van der Waals surface area contributed by atoms with Gasteiger partial charge in [-0.1, -0.05) is 29.8 Å². The minimum atomic E-state index is 0.775. The molecule has 2 aromatic carbocycles. The first-order valence-electron chi connectivity index (χ1n) is 3.42. The number of rotatable bonds is 0. The highest BCUT2D eigenvalue weighted by Gasteiger charge is 1.91. The predicted molar refractivity (Wildman–Crippen MR) is 47.8 cm³/mol. The van der Waals surface area contributed by atoms with Crippen LogP contribution in [0, 0.1) is 6.07 Å². The summed E-state index contributed by atoms with van der Waals surface area (Å²) in [4.78, 5) is 0. The summed E-state index contributed by atoms with van der Waals surface area (Å²) in [5.41, 5.74) is 0. The first kappa shape index (κ1) is 6.68. The molecular formula is C10H6Cl. The molecule has 0 aliphatic carbocycles. The third-order valence-electron chi connectivity index (χ3n) is 1.65. The van der Waals surface area contributed by atoms with Crippen LogP contribution < -0.4 is 0 Å². The molecule has 0 bridgehead atoms. The summed E-state index contributed by atoms with van der Waals surface area (Å²) in [5.74, 6) is 0. The molecule has 0 unspecified atom stereocenters. The van der Waals surface area contributed by atoms with Gasteiger partial charge >= 0.3 is 0 Å². The van der Waals surface area contributed by atoms with Crippen molar-refractivity contribution in [1.29, 1.82) is 0 Å². The molecule has 0 heterocycles. The Morgan fingerprint density at radius 1 is 1.09 bits per heavy atom. The number of hydrogen-bond acceptors (Lipinski definition) is 0. The van der Waals surface area contributed by atoms with Crippen molar-refractivity contribution >= 4 is 22.4 Å². The van der Waals surface area contributed by atoms with E-state index in [1.54, 1.807) is 0 Å². The van der Waals surface area contributed by atoms with Gasteiger partial charge in [0, 0.05) is 5.02 Å². The zero-order valence-electron chi connectivity index (χ0n) is 5.84.